The molecule has 1 aromatic carbocycles. The van der Waals surface area contributed by atoms with Crippen molar-refractivity contribution < 1.29 is 9.32 Å². The van der Waals surface area contributed by atoms with Crippen molar-refractivity contribution in [2.75, 3.05) is 5.32 Å². The normalized spacial score (nSPS) is 11.4. The van der Waals surface area contributed by atoms with Crippen LogP contribution in [0.3, 0.4) is 0 Å². The third-order valence-corrected chi connectivity index (χ3v) is 3.61. The van der Waals surface area contributed by atoms with E-state index in [1.54, 1.807) is 24.3 Å². The van der Waals surface area contributed by atoms with Gasteiger partial charge in [-0.3, -0.25) is 10.1 Å². The van der Waals surface area contributed by atoms with E-state index in [1.165, 1.54) is 0 Å². The molecule has 2 rings (SSSR count). The molecule has 0 atom stereocenters. The Bertz CT molecular complexity index is 647. The summed E-state index contributed by atoms with van der Waals surface area (Å²) in [5, 5.41) is 7.10. The lowest BCUT2D eigenvalue weighted by atomic mass is 9.92. The van der Waals surface area contributed by atoms with Crippen molar-refractivity contribution in [3.05, 3.63) is 45.0 Å². The standard InChI is InChI=1S/C14H14BrClN2O2/c1-14(2,3)11-7-12(20-18-11)17-13(19)9-6-8(16)4-5-10(9)15/h4-7H,1-3H3,(H,17,19). The molecule has 0 radical (unpaired) electrons. The van der Waals surface area contributed by atoms with Crippen molar-refractivity contribution in [1.82, 2.24) is 5.16 Å². The Morgan fingerprint density at radius 3 is 2.65 bits per heavy atom. The van der Waals surface area contributed by atoms with E-state index >= 15 is 0 Å². The number of carbonyl (C=O) groups excluding carboxylic acids is 1. The molecule has 20 heavy (non-hydrogen) atoms. The fraction of sp³-hybridized carbons (Fsp3) is 0.286. The van der Waals surface area contributed by atoms with Crippen LogP contribution in [0.15, 0.2) is 33.3 Å². The first-order valence-corrected chi connectivity index (χ1v) is 7.18. The molecule has 6 heteroatoms. The fourth-order valence-corrected chi connectivity index (χ4v) is 2.14. The van der Waals surface area contributed by atoms with Gasteiger partial charge in [0.1, 0.15) is 0 Å². The molecule has 1 heterocycles. The first-order chi connectivity index (χ1) is 9.27. The molecular weight excluding hydrogens is 344 g/mol. The van der Waals surface area contributed by atoms with Crippen LogP contribution in [0.4, 0.5) is 5.88 Å². The smallest absolute Gasteiger partial charge is 0.259 e. The van der Waals surface area contributed by atoms with Gasteiger partial charge in [-0.05, 0) is 34.1 Å². The Kier molecular flexibility index (Phi) is 4.20. The second-order valence-corrected chi connectivity index (χ2v) is 6.70. The van der Waals surface area contributed by atoms with E-state index in [-0.39, 0.29) is 11.3 Å². The van der Waals surface area contributed by atoms with Crippen molar-refractivity contribution in [3.8, 4) is 0 Å². The second kappa shape index (κ2) is 5.58. The number of nitrogens with one attached hydrogen (secondary N) is 1. The molecule has 0 aliphatic heterocycles. The first-order valence-electron chi connectivity index (χ1n) is 6.01. The molecule has 0 saturated heterocycles. The lowest BCUT2D eigenvalue weighted by Gasteiger charge is -2.12. The third-order valence-electron chi connectivity index (χ3n) is 2.69. The van der Waals surface area contributed by atoms with Gasteiger partial charge in [0.2, 0.25) is 5.88 Å². The van der Waals surface area contributed by atoms with Gasteiger partial charge in [0, 0.05) is 21.0 Å². The van der Waals surface area contributed by atoms with Crippen LogP contribution in [0, 0.1) is 0 Å². The van der Waals surface area contributed by atoms with Crippen LogP contribution in [-0.2, 0) is 5.41 Å². The highest BCUT2D eigenvalue weighted by molar-refractivity contribution is 9.10. The summed E-state index contributed by atoms with van der Waals surface area (Å²) in [5.74, 6) is 0.00258. The van der Waals surface area contributed by atoms with Gasteiger partial charge in [0.25, 0.3) is 5.91 Å². The first kappa shape index (κ1) is 15.1. The van der Waals surface area contributed by atoms with E-state index < -0.39 is 0 Å². The maximum atomic E-state index is 12.2. The lowest BCUT2D eigenvalue weighted by molar-refractivity contribution is 0.102. The molecule has 0 aliphatic carbocycles. The van der Waals surface area contributed by atoms with E-state index in [1.807, 2.05) is 20.8 Å². The SMILES string of the molecule is CC(C)(C)c1cc(NC(=O)c2cc(Cl)ccc2Br)on1. The van der Waals surface area contributed by atoms with Crippen LogP contribution in [0.1, 0.15) is 36.8 Å². The van der Waals surface area contributed by atoms with Gasteiger partial charge in [-0.15, -0.1) is 0 Å². The minimum atomic E-state index is -0.309. The average Bonchev–Trinajstić information content (AvgIpc) is 2.80. The summed E-state index contributed by atoms with van der Waals surface area (Å²) in [5.41, 5.74) is 1.08. The van der Waals surface area contributed by atoms with Crippen molar-refractivity contribution >= 4 is 39.3 Å². The van der Waals surface area contributed by atoms with Crippen LogP contribution in [0.5, 0.6) is 0 Å². The fourth-order valence-electron chi connectivity index (χ4n) is 1.54. The number of hydrogen-bond donors (Lipinski definition) is 1. The highest BCUT2D eigenvalue weighted by atomic mass is 79.9. The Morgan fingerprint density at radius 1 is 1.35 bits per heavy atom. The number of benzene rings is 1. The van der Waals surface area contributed by atoms with E-state index in [4.69, 9.17) is 16.1 Å². The van der Waals surface area contributed by atoms with Gasteiger partial charge in [-0.25, -0.2) is 0 Å². The largest absolute Gasteiger partial charge is 0.338 e. The average molecular weight is 358 g/mol. The summed E-state index contributed by atoms with van der Waals surface area (Å²) in [4.78, 5) is 12.2. The highest BCUT2D eigenvalue weighted by Crippen LogP contribution is 2.25. The molecule has 0 saturated carbocycles. The highest BCUT2D eigenvalue weighted by Gasteiger charge is 2.20. The summed E-state index contributed by atoms with van der Waals surface area (Å²) in [6.45, 7) is 6.05. The maximum Gasteiger partial charge on any atom is 0.259 e. The zero-order valence-corrected chi connectivity index (χ0v) is 13.7. The number of amides is 1. The van der Waals surface area contributed by atoms with Crippen LogP contribution >= 0.6 is 27.5 Å². The number of carbonyl (C=O) groups is 1. The molecule has 0 unspecified atom stereocenters. The third kappa shape index (κ3) is 3.41. The second-order valence-electron chi connectivity index (χ2n) is 5.40. The van der Waals surface area contributed by atoms with Crippen molar-refractivity contribution in [2.24, 2.45) is 0 Å². The van der Waals surface area contributed by atoms with Crippen LogP contribution < -0.4 is 5.32 Å². The Balaban J connectivity index is 2.20. The van der Waals surface area contributed by atoms with Gasteiger partial charge in [-0.2, -0.15) is 0 Å². The maximum absolute atomic E-state index is 12.2. The molecule has 106 valence electrons. The predicted octanol–water partition coefficient (Wildman–Crippen LogP) is 4.64. The minimum Gasteiger partial charge on any atom is -0.338 e. The summed E-state index contributed by atoms with van der Waals surface area (Å²) in [7, 11) is 0. The molecule has 1 N–H and O–H groups in total. The number of nitrogens with zero attached hydrogens (tertiary/aromatic N) is 1. The quantitative estimate of drug-likeness (QED) is 0.852. The van der Waals surface area contributed by atoms with Crippen molar-refractivity contribution in [1.29, 1.82) is 0 Å². The predicted molar refractivity (Wildman–Crippen MR) is 82.3 cm³/mol. The van der Waals surface area contributed by atoms with Crippen LogP contribution in [0.25, 0.3) is 0 Å². The molecule has 0 spiro atoms. The minimum absolute atomic E-state index is 0.136. The number of rotatable bonds is 2. The summed E-state index contributed by atoms with van der Waals surface area (Å²) in [6, 6.07) is 6.73. The molecule has 2 aromatic rings. The van der Waals surface area contributed by atoms with Gasteiger partial charge in [0.15, 0.2) is 0 Å². The van der Waals surface area contributed by atoms with Crippen LogP contribution in [-0.4, -0.2) is 11.1 Å². The number of hydrogen-bond acceptors (Lipinski definition) is 3. The molecule has 4 nitrogen and oxygen atoms in total. The van der Waals surface area contributed by atoms with Gasteiger partial charge < -0.3 is 4.52 Å². The van der Waals surface area contributed by atoms with E-state index in [2.05, 4.69) is 26.4 Å². The molecule has 1 amide bonds. The molecule has 0 bridgehead atoms. The summed E-state index contributed by atoms with van der Waals surface area (Å²) >= 11 is 9.21. The molecule has 0 aliphatic rings. The number of anilines is 1. The topological polar surface area (TPSA) is 55.1 Å². The van der Waals surface area contributed by atoms with E-state index in [0.717, 1.165) is 5.69 Å². The van der Waals surface area contributed by atoms with Crippen LogP contribution in [0.2, 0.25) is 5.02 Å². The molecular formula is C14H14BrClN2O2. The number of aromatic nitrogens is 1. The van der Waals surface area contributed by atoms with E-state index in [0.29, 0.717) is 20.9 Å². The lowest BCUT2D eigenvalue weighted by Crippen LogP contribution is -2.13. The Morgan fingerprint density at radius 2 is 2.05 bits per heavy atom. The van der Waals surface area contributed by atoms with Gasteiger partial charge in [-0.1, -0.05) is 37.5 Å². The summed E-state index contributed by atoms with van der Waals surface area (Å²) in [6.07, 6.45) is 0. The van der Waals surface area contributed by atoms with E-state index in [9.17, 15) is 4.79 Å². The Hall–Kier alpha value is -1.33. The number of halogens is 2. The Labute approximate surface area is 130 Å². The van der Waals surface area contributed by atoms with Gasteiger partial charge >= 0.3 is 0 Å². The zero-order chi connectivity index (χ0) is 14.9. The van der Waals surface area contributed by atoms with Crippen molar-refractivity contribution in [2.45, 2.75) is 26.2 Å². The molecule has 0 fully saturated rings. The summed E-state index contributed by atoms with van der Waals surface area (Å²) < 4.78 is 5.79. The molecule has 1 aromatic heterocycles. The zero-order valence-electron chi connectivity index (χ0n) is 11.3. The monoisotopic (exact) mass is 356 g/mol. The van der Waals surface area contributed by atoms with Crippen molar-refractivity contribution in [3.63, 3.8) is 0 Å². The van der Waals surface area contributed by atoms with Gasteiger partial charge in [0.05, 0.1) is 11.3 Å².